The first-order chi connectivity index (χ1) is 15.3. The van der Waals surface area contributed by atoms with E-state index in [9.17, 15) is 23.3 Å². The zero-order valence-electron chi connectivity index (χ0n) is 17.5. The Morgan fingerprint density at radius 3 is 2.44 bits per heavy atom. The number of ether oxygens (including phenoxy) is 2. The number of rotatable bonds is 8. The summed E-state index contributed by atoms with van der Waals surface area (Å²) in [6, 6.07) is 11.8. The van der Waals surface area contributed by atoms with Crippen molar-refractivity contribution in [2.24, 2.45) is 0 Å². The fourth-order valence-electron chi connectivity index (χ4n) is 3.21. The molecule has 1 heterocycles. The lowest BCUT2D eigenvalue weighted by molar-refractivity contribution is -0.385. The largest absolute Gasteiger partial charge is 0.493 e. The Morgan fingerprint density at radius 1 is 1.09 bits per heavy atom. The number of urea groups is 1. The Kier molecular flexibility index (Phi) is 7.49. The predicted octanol–water partition coefficient (Wildman–Crippen LogP) is 1.70. The molecule has 2 amide bonds. The Labute approximate surface area is 185 Å². The average Bonchev–Trinajstić information content (AvgIpc) is 2.82. The van der Waals surface area contributed by atoms with Gasteiger partial charge in [-0.3, -0.25) is 10.1 Å². The Hall–Kier alpha value is -3.38. The summed E-state index contributed by atoms with van der Waals surface area (Å²) in [7, 11) is -2.34. The van der Waals surface area contributed by atoms with Gasteiger partial charge in [-0.15, -0.1) is 0 Å². The number of carbonyl (C=O) groups is 1. The molecule has 1 aliphatic heterocycles. The standard InChI is InChI=1S/C20H24N4O7S/c1-30-18-7-2-3-8-19(18)31-14-9-21-20(25)22-10-12-23(13-11-22)32(28,29)17-6-4-5-16(15-17)24(26)27/h2-8,15H,9-14H2,1H3,(H,21,25). The van der Waals surface area contributed by atoms with Crippen molar-refractivity contribution in [1.82, 2.24) is 14.5 Å². The maximum absolute atomic E-state index is 12.8. The normalized spacial score (nSPS) is 14.6. The van der Waals surface area contributed by atoms with Gasteiger partial charge in [-0.1, -0.05) is 18.2 Å². The van der Waals surface area contributed by atoms with Crippen molar-refractivity contribution < 1.29 is 27.6 Å². The van der Waals surface area contributed by atoms with Crippen molar-refractivity contribution in [3.8, 4) is 11.5 Å². The first kappa shape index (κ1) is 23.3. The third-order valence-corrected chi connectivity index (χ3v) is 6.79. The summed E-state index contributed by atoms with van der Waals surface area (Å²) in [4.78, 5) is 24.0. The minimum absolute atomic E-state index is 0.0934. The van der Waals surface area contributed by atoms with E-state index in [2.05, 4.69) is 5.32 Å². The van der Waals surface area contributed by atoms with Crippen molar-refractivity contribution in [3.05, 3.63) is 58.6 Å². The molecule has 1 fully saturated rings. The van der Waals surface area contributed by atoms with Crippen LogP contribution in [0.1, 0.15) is 0 Å². The number of nitro benzene ring substituents is 1. The molecule has 172 valence electrons. The van der Waals surface area contributed by atoms with Gasteiger partial charge in [0.05, 0.1) is 23.5 Å². The number of piperazine rings is 1. The van der Waals surface area contributed by atoms with Gasteiger partial charge in [0.15, 0.2) is 11.5 Å². The number of methoxy groups -OCH3 is 1. The topological polar surface area (TPSA) is 131 Å². The van der Waals surface area contributed by atoms with E-state index in [1.807, 2.05) is 12.1 Å². The molecule has 0 radical (unpaired) electrons. The summed E-state index contributed by atoms with van der Waals surface area (Å²) in [5.41, 5.74) is -0.292. The van der Waals surface area contributed by atoms with Gasteiger partial charge in [0.2, 0.25) is 10.0 Å². The molecule has 3 rings (SSSR count). The summed E-state index contributed by atoms with van der Waals surface area (Å²) in [6.07, 6.45) is 0. The summed E-state index contributed by atoms with van der Waals surface area (Å²) in [6.45, 7) is 1.10. The van der Waals surface area contributed by atoms with Crippen LogP contribution in [0.4, 0.5) is 10.5 Å². The van der Waals surface area contributed by atoms with Gasteiger partial charge in [-0.05, 0) is 18.2 Å². The van der Waals surface area contributed by atoms with E-state index in [1.54, 1.807) is 19.2 Å². The van der Waals surface area contributed by atoms with E-state index < -0.39 is 14.9 Å². The van der Waals surface area contributed by atoms with Crippen molar-refractivity contribution in [1.29, 1.82) is 0 Å². The number of carbonyl (C=O) groups excluding carboxylic acids is 1. The van der Waals surface area contributed by atoms with Crippen molar-refractivity contribution in [2.45, 2.75) is 4.90 Å². The van der Waals surface area contributed by atoms with Crippen LogP contribution in [-0.4, -0.2) is 75.0 Å². The molecular formula is C20H24N4O7S. The second-order valence-electron chi connectivity index (χ2n) is 6.88. The lowest BCUT2D eigenvalue weighted by atomic mass is 10.3. The van der Waals surface area contributed by atoms with Gasteiger partial charge in [-0.2, -0.15) is 4.31 Å². The van der Waals surface area contributed by atoms with E-state index in [0.717, 1.165) is 6.07 Å². The van der Waals surface area contributed by atoms with Gasteiger partial charge in [0, 0.05) is 38.3 Å². The van der Waals surface area contributed by atoms with E-state index in [4.69, 9.17) is 9.47 Å². The Bertz CT molecular complexity index is 1070. The molecule has 0 aliphatic carbocycles. The van der Waals surface area contributed by atoms with Crippen LogP contribution in [0, 0.1) is 10.1 Å². The van der Waals surface area contributed by atoms with Crippen LogP contribution in [0.3, 0.4) is 0 Å². The molecule has 0 aromatic heterocycles. The van der Waals surface area contributed by atoms with Crippen molar-refractivity contribution in [2.75, 3.05) is 46.4 Å². The monoisotopic (exact) mass is 464 g/mol. The number of hydrogen-bond donors (Lipinski definition) is 1. The number of nitro groups is 1. The summed E-state index contributed by atoms with van der Waals surface area (Å²) in [5, 5.41) is 13.7. The van der Waals surface area contributed by atoms with E-state index in [-0.39, 0.29) is 55.9 Å². The molecule has 0 spiro atoms. The summed E-state index contributed by atoms with van der Waals surface area (Å²) < 4.78 is 37.6. The molecular weight excluding hydrogens is 440 g/mol. The predicted molar refractivity (Wildman–Crippen MR) is 115 cm³/mol. The highest BCUT2D eigenvalue weighted by Gasteiger charge is 2.30. The Morgan fingerprint density at radius 2 is 1.78 bits per heavy atom. The average molecular weight is 465 g/mol. The molecule has 1 N–H and O–H groups in total. The maximum Gasteiger partial charge on any atom is 0.317 e. The third-order valence-electron chi connectivity index (χ3n) is 4.90. The first-order valence-electron chi connectivity index (χ1n) is 9.86. The molecule has 11 nitrogen and oxygen atoms in total. The van der Waals surface area contributed by atoms with E-state index in [1.165, 1.54) is 27.4 Å². The van der Waals surface area contributed by atoms with Crippen molar-refractivity contribution >= 4 is 21.7 Å². The molecule has 0 bridgehead atoms. The number of nitrogens with zero attached hydrogens (tertiary/aromatic N) is 3. The molecule has 2 aromatic carbocycles. The van der Waals surface area contributed by atoms with Gasteiger partial charge >= 0.3 is 6.03 Å². The quantitative estimate of drug-likeness (QED) is 0.357. The second-order valence-corrected chi connectivity index (χ2v) is 8.81. The van der Waals surface area contributed by atoms with Crippen molar-refractivity contribution in [3.63, 3.8) is 0 Å². The molecule has 12 heteroatoms. The third kappa shape index (κ3) is 5.45. The highest BCUT2D eigenvalue weighted by Crippen LogP contribution is 2.25. The van der Waals surface area contributed by atoms with Crippen LogP contribution in [0.5, 0.6) is 11.5 Å². The van der Waals surface area contributed by atoms with E-state index >= 15 is 0 Å². The number of sulfonamides is 1. The maximum atomic E-state index is 12.8. The number of hydrogen-bond acceptors (Lipinski definition) is 7. The lowest BCUT2D eigenvalue weighted by Crippen LogP contribution is -2.53. The van der Waals surface area contributed by atoms with Crippen LogP contribution in [0.25, 0.3) is 0 Å². The summed E-state index contributed by atoms with van der Waals surface area (Å²) >= 11 is 0. The molecule has 32 heavy (non-hydrogen) atoms. The van der Waals surface area contributed by atoms with Crippen LogP contribution in [-0.2, 0) is 10.0 Å². The van der Waals surface area contributed by atoms with E-state index in [0.29, 0.717) is 11.5 Å². The molecule has 0 saturated carbocycles. The molecule has 1 aliphatic rings. The number of benzene rings is 2. The minimum atomic E-state index is -3.89. The van der Waals surface area contributed by atoms with Crippen LogP contribution in [0.2, 0.25) is 0 Å². The van der Waals surface area contributed by atoms with Crippen LogP contribution >= 0.6 is 0 Å². The Balaban J connectivity index is 1.48. The smallest absolute Gasteiger partial charge is 0.317 e. The minimum Gasteiger partial charge on any atom is -0.493 e. The fraction of sp³-hybridized carbons (Fsp3) is 0.350. The number of non-ortho nitro benzene ring substituents is 1. The molecule has 2 aromatic rings. The van der Waals surface area contributed by atoms with Gasteiger partial charge in [-0.25, -0.2) is 13.2 Å². The molecule has 0 atom stereocenters. The zero-order valence-corrected chi connectivity index (χ0v) is 18.3. The number of amides is 2. The molecule has 0 unspecified atom stereocenters. The van der Waals surface area contributed by atoms with Gasteiger partial charge in [0.25, 0.3) is 5.69 Å². The van der Waals surface area contributed by atoms with Crippen LogP contribution < -0.4 is 14.8 Å². The number of para-hydroxylation sites is 2. The number of nitrogens with one attached hydrogen (secondary N) is 1. The van der Waals surface area contributed by atoms with Gasteiger partial charge in [0.1, 0.15) is 6.61 Å². The SMILES string of the molecule is COc1ccccc1OCCNC(=O)N1CCN(S(=O)(=O)c2cccc([N+](=O)[O-])c2)CC1. The highest BCUT2D eigenvalue weighted by molar-refractivity contribution is 7.89. The lowest BCUT2D eigenvalue weighted by Gasteiger charge is -2.33. The fourth-order valence-corrected chi connectivity index (χ4v) is 4.67. The highest BCUT2D eigenvalue weighted by atomic mass is 32.2. The zero-order chi connectivity index (χ0) is 23.1. The summed E-state index contributed by atoms with van der Waals surface area (Å²) in [5.74, 6) is 1.17. The first-order valence-corrected chi connectivity index (χ1v) is 11.3. The van der Waals surface area contributed by atoms with Gasteiger partial charge < -0.3 is 19.7 Å². The van der Waals surface area contributed by atoms with Crippen LogP contribution in [0.15, 0.2) is 53.4 Å². The second kappa shape index (κ2) is 10.3. The molecule has 1 saturated heterocycles.